The van der Waals surface area contributed by atoms with E-state index in [1.165, 1.54) is 6.07 Å². The van der Waals surface area contributed by atoms with Gasteiger partial charge >= 0.3 is 0 Å². The summed E-state index contributed by atoms with van der Waals surface area (Å²) in [6.45, 7) is 3.89. The second-order valence-corrected chi connectivity index (χ2v) is 9.74. The second kappa shape index (κ2) is 10.4. The van der Waals surface area contributed by atoms with Gasteiger partial charge in [-0.05, 0) is 61.6 Å². The number of carbonyl (C=O) groups excluding carboxylic acids is 2. The van der Waals surface area contributed by atoms with Gasteiger partial charge in [0.2, 0.25) is 5.91 Å². The number of nitrogens with one attached hydrogen (secondary N) is 1. The normalized spacial score (nSPS) is 18.4. The van der Waals surface area contributed by atoms with E-state index in [9.17, 15) is 14.0 Å². The minimum Gasteiger partial charge on any atom is -0.336 e. The molecule has 1 saturated heterocycles. The fraction of sp³-hybridized carbons (Fsp3) is 0.440. The Morgan fingerprint density at radius 2 is 1.73 bits per heavy atom. The second-order valence-electron chi connectivity index (χ2n) is 8.89. The highest BCUT2D eigenvalue weighted by Gasteiger charge is 2.37. The molecule has 2 aromatic rings. The molecule has 2 fully saturated rings. The smallest absolute Gasteiger partial charge is 0.255 e. The van der Waals surface area contributed by atoms with Crippen LogP contribution in [0.15, 0.2) is 36.4 Å². The van der Waals surface area contributed by atoms with Crippen molar-refractivity contribution in [3.8, 4) is 0 Å². The minimum absolute atomic E-state index is 0.106. The van der Waals surface area contributed by atoms with E-state index in [1.807, 2.05) is 0 Å². The maximum Gasteiger partial charge on any atom is 0.255 e. The van der Waals surface area contributed by atoms with Gasteiger partial charge in [0.15, 0.2) is 0 Å². The zero-order chi connectivity index (χ0) is 23.5. The zero-order valence-electron chi connectivity index (χ0n) is 18.6. The molecular weight excluding hydrogens is 464 g/mol. The van der Waals surface area contributed by atoms with Crippen LogP contribution in [0.25, 0.3) is 0 Å². The first kappa shape index (κ1) is 24.0. The molecule has 5 nitrogen and oxygen atoms in total. The lowest BCUT2D eigenvalue weighted by atomic mass is 9.94. The summed E-state index contributed by atoms with van der Waals surface area (Å²) in [4.78, 5) is 30.2. The van der Waals surface area contributed by atoms with Crippen LogP contribution in [0.5, 0.6) is 0 Å². The van der Waals surface area contributed by atoms with Crippen LogP contribution in [-0.4, -0.2) is 53.8 Å². The fourth-order valence-electron chi connectivity index (χ4n) is 4.87. The number of halogens is 3. The molecular formula is C25H28Cl2FN3O2. The number of benzene rings is 2. The van der Waals surface area contributed by atoms with Crippen LogP contribution >= 0.6 is 23.2 Å². The molecule has 1 unspecified atom stereocenters. The van der Waals surface area contributed by atoms with Crippen LogP contribution in [0.1, 0.15) is 41.6 Å². The predicted molar refractivity (Wildman–Crippen MR) is 129 cm³/mol. The van der Waals surface area contributed by atoms with E-state index in [0.717, 1.165) is 25.7 Å². The highest BCUT2D eigenvalue weighted by atomic mass is 35.5. The van der Waals surface area contributed by atoms with Crippen LogP contribution in [-0.2, 0) is 4.79 Å². The SMILES string of the molecule is Cc1ccc(NC(=O)C(C2CCCC2)N2CCN(C(=O)c3ccc(Cl)cc3Cl)CC2)cc1F. The van der Waals surface area contributed by atoms with E-state index in [2.05, 4.69) is 10.2 Å². The Morgan fingerprint density at radius 3 is 2.36 bits per heavy atom. The monoisotopic (exact) mass is 491 g/mol. The van der Waals surface area contributed by atoms with E-state index in [1.54, 1.807) is 42.2 Å². The Balaban J connectivity index is 1.44. The summed E-state index contributed by atoms with van der Waals surface area (Å²) in [6.07, 6.45) is 4.22. The first-order valence-electron chi connectivity index (χ1n) is 11.4. The highest BCUT2D eigenvalue weighted by molar-refractivity contribution is 6.36. The molecule has 0 spiro atoms. The van der Waals surface area contributed by atoms with Gasteiger partial charge in [-0.2, -0.15) is 0 Å². The quantitative estimate of drug-likeness (QED) is 0.609. The van der Waals surface area contributed by atoms with Gasteiger partial charge in [0.05, 0.1) is 16.6 Å². The number of hydrogen-bond donors (Lipinski definition) is 1. The number of hydrogen-bond acceptors (Lipinski definition) is 3. The van der Waals surface area contributed by atoms with Gasteiger partial charge in [0.25, 0.3) is 5.91 Å². The lowest BCUT2D eigenvalue weighted by Gasteiger charge is -2.40. The number of nitrogens with zero attached hydrogens (tertiary/aromatic N) is 2. The molecule has 0 radical (unpaired) electrons. The first-order valence-corrected chi connectivity index (χ1v) is 12.1. The molecule has 1 aliphatic heterocycles. The molecule has 1 aliphatic carbocycles. The Morgan fingerprint density at radius 1 is 1.03 bits per heavy atom. The molecule has 1 heterocycles. The van der Waals surface area contributed by atoms with Gasteiger partial charge in [-0.3, -0.25) is 14.5 Å². The molecule has 1 N–H and O–H groups in total. The topological polar surface area (TPSA) is 52.7 Å². The molecule has 1 atom stereocenters. The van der Waals surface area contributed by atoms with Crippen LogP contribution < -0.4 is 5.32 Å². The molecule has 2 aliphatic rings. The number of piperazine rings is 1. The molecule has 0 aromatic heterocycles. The van der Waals surface area contributed by atoms with Crippen molar-refractivity contribution >= 4 is 40.7 Å². The van der Waals surface area contributed by atoms with E-state index < -0.39 is 0 Å². The molecule has 4 rings (SSSR count). The molecule has 1 saturated carbocycles. The van der Waals surface area contributed by atoms with Gasteiger partial charge in [0, 0.05) is 36.9 Å². The third-order valence-electron chi connectivity index (χ3n) is 6.71. The van der Waals surface area contributed by atoms with Gasteiger partial charge < -0.3 is 10.2 Å². The van der Waals surface area contributed by atoms with E-state index in [-0.39, 0.29) is 29.6 Å². The molecule has 176 valence electrons. The summed E-state index contributed by atoms with van der Waals surface area (Å²) in [5, 5.41) is 3.75. The Labute approximate surface area is 203 Å². The summed E-state index contributed by atoms with van der Waals surface area (Å²) in [5.74, 6) is -0.314. The summed E-state index contributed by atoms with van der Waals surface area (Å²) in [7, 11) is 0. The van der Waals surface area contributed by atoms with Crippen molar-refractivity contribution in [2.45, 2.75) is 38.6 Å². The van der Waals surface area contributed by atoms with Crippen LogP contribution in [0.2, 0.25) is 10.0 Å². The molecule has 2 aromatic carbocycles. The maximum atomic E-state index is 14.0. The van der Waals surface area contributed by atoms with Crippen LogP contribution in [0.3, 0.4) is 0 Å². The van der Waals surface area contributed by atoms with Crippen LogP contribution in [0.4, 0.5) is 10.1 Å². The Hall–Kier alpha value is -2.15. The van der Waals surface area contributed by atoms with Gasteiger partial charge in [-0.25, -0.2) is 4.39 Å². The molecule has 8 heteroatoms. The van der Waals surface area contributed by atoms with Gasteiger partial charge in [-0.15, -0.1) is 0 Å². The van der Waals surface area contributed by atoms with Crippen molar-refractivity contribution in [2.75, 3.05) is 31.5 Å². The minimum atomic E-state index is -0.335. The lowest BCUT2D eigenvalue weighted by Crippen LogP contribution is -2.57. The standard InChI is InChI=1S/C25H28Cl2FN3O2/c1-16-6-8-19(15-22(16)28)29-24(32)23(17-4-2-3-5-17)30-10-12-31(13-11-30)25(33)20-9-7-18(26)14-21(20)27/h6-9,14-15,17,23H,2-5,10-13H2,1H3,(H,29,32). The third-order valence-corrected chi connectivity index (χ3v) is 7.26. The van der Waals surface area contributed by atoms with Crippen molar-refractivity contribution in [1.82, 2.24) is 9.80 Å². The number of carbonyl (C=O) groups is 2. The predicted octanol–water partition coefficient (Wildman–Crippen LogP) is 5.40. The Bertz CT molecular complexity index is 1030. The van der Waals surface area contributed by atoms with Crippen molar-refractivity contribution in [3.63, 3.8) is 0 Å². The van der Waals surface area contributed by atoms with Crippen LogP contribution in [0, 0.1) is 18.7 Å². The molecule has 33 heavy (non-hydrogen) atoms. The number of aryl methyl sites for hydroxylation is 1. The fourth-order valence-corrected chi connectivity index (χ4v) is 5.36. The summed E-state index contributed by atoms with van der Waals surface area (Å²) in [5.41, 5.74) is 1.44. The van der Waals surface area contributed by atoms with E-state index >= 15 is 0 Å². The average Bonchev–Trinajstić information content (AvgIpc) is 3.31. The largest absolute Gasteiger partial charge is 0.336 e. The van der Waals surface area contributed by atoms with E-state index in [0.29, 0.717) is 53.0 Å². The number of amides is 2. The van der Waals surface area contributed by atoms with Crippen molar-refractivity contribution in [3.05, 3.63) is 63.4 Å². The molecule has 2 amide bonds. The third kappa shape index (κ3) is 5.51. The maximum absolute atomic E-state index is 14.0. The lowest BCUT2D eigenvalue weighted by molar-refractivity contribution is -0.123. The number of anilines is 1. The van der Waals surface area contributed by atoms with Crippen molar-refractivity contribution in [2.24, 2.45) is 5.92 Å². The van der Waals surface area contributed by atoms with Crippen molar-refractivity contribution in [1.29, 1.82) is 0 Å². The summed E-state index contributed by atoms with van der Waals surface area (Å²) < 4.78 is 14.0. The molecule has 0 bridgehead atoms. The van der Waals surface area contributed by atoms with Crippen molar-refractivity contribution < 1.29 is 14.0 Å². The van der Waals surface area contributed by atoms with Gasteiger partial charge in [0.1, 0.15) is 5.82 Å². The highest BCUT2D eigenvalue weighted by Crippen LogP contribution is 2.32. The van der Waals surface area contributed by atoms with E-state index in [4.69, 9.17) is 23.2 Å². The average molecular weight is 492 g/mol. The number of rotatable bonds is 5. The summed E-state index contributed by atoms with van der Waals surface area (Å²) >= 11 is 12.2. The summed E-state index contributed by atoms with van der Waals surface area (Å²) in [6, 6.07) is 9.34. The first-order chi connectivity index (χ1) is 15.8. The Kier molecular flexibility index (Phi) is 7.57. The zero-order valence-corrected chi connectivity index (χ0v) is 20.1. The van der Waals surface area contributed by atoms with Gasteiger partial charge in [-0.1, -0.05) is 42.1 Å².